The van der Waals surface area contributed by atoms with E-state index < -0.39 is 0 Å². The zero-order chi connectivity index (χ0) is 12.6. The summed E-state index contributed by atoms with van der Waals surface area (Å²) in [7, 11) is 0. The van der Waals surface area contributed by atoms with E-state index in [4.69, 9.17) is 5.73 Å². The van der Waals surface area contributed by atoms with Crippen LogP contribution in [-0.2, 0) is 4.79 Å². The number of nitrogens with zero attached hydrogens (tertiary/aromatic N) is 1. The molecule has 1 aliphatic carbocycles. The van der Waals surface area contributed by atoms with E-state index in [1.54, 1.807) is 11.8 Å². The lowest BCUT2D eigenvalue weighted by Crippen LogP contribution is -2.35. The second kappa shape index (κ2) is 4.81. The fourth-order valence-electron chi connectivity index (χ4n) is 2.88. The molecule has 0 aromatic heterocycles. The van der Waals surface area contributed by atoms with Crippen LogP contribution in [0.15, 0.2) is 0 Å². The highest BCUT2D eigenvalue weighted by molar-refractivity contribution is 8.01. The minimum Gasteiger partial charge on any atom is -0.341 e. The van der Waals surface area contributed by atoms with Gasteiger partial charge in [-0.25, -0.2) is 0 Å². The van der Waals surface area contributed by atoms with Gasteiger partial charge in [-0.05, 0) is 24.7 Å². The lowest BCUT2D eigenvalue weighted by molar-refractivity contribution is -0.127. The molecule has 0 bridgehead atoms. The maximum absolute atomic E-state index is 12.1. The SMILES string of the molecule is CC(C)(C)SCC(=O)N1CC2CCC(N)C2C1. The summed E-state index contributed by atoms with van der Waals surface area (Å²) in [6, 6.07) is 0.327. The highest BCUT2D eigenvalue weighted by atomic mass is 32.2. The van der Waals surface area contributed by atoms with Crippen molar-refractivity contribution in [2.75, 3.05) is 18.8 Å². The van der Waals surface area contributed by atoms with E-state index in [1.165, 1.54) is 6.42 Å². The van der Waals surface area contributed by atoms with Crippen LogP contribution in [0.25, 0.3) is 0 Å². The van der Waals surface area contributed by atoms with Crippen molar-refractivity contribution in [1.82, 2.24) is 4.90 Å². The van der Waals surface area contributed by atoms with Crippen LogP contribution in [0.3, 0.4) is 0 Å². The van der Waals surface area contributed by atoms with Crippen molar-refractivity contribution in [3.8, 4) is 0 Å². The molecule has 2 rings (SSSR count). The minimum atomic E-state index is 0.168. The van der Waals surface area contributed by atoms with E-state index in [9.17, 15) is 4.79 Å². The Morgan fingerprint density at radius 2 is 2.06 bits per heavy atom. The summed E-state index contributed by atoms with van der Waals surface area (Å²) in [5.74, 6) is 2.15. The lowest BCUT2D eigenvalue weighted by atomic mass is 9.98. The zero-order valence-electron chi connectivity index (χ0n) is 11.1. The third-order valence-electron chi connectivity index (χ3n) is 3.89. The molecule has 1 saturated heterocycles. The van der Waals surface area contributed by atoms with E-state index in [-0.39, 0.29) is 4.75 Å². The van der Waals surface area contributed by atoms with Crippen LogP contribution in [0.2, 0.25) is 0 Å². The van der Waals surface area contributed by atoms with Crippen LogP contribution < -0.4 is 5.73 Å². The fourth-order valence-corrected chi connectivity index (χ4v) is 3.62. The smallest absolute Gasteiger partial charge is 0.232 e. The van der Waals surface area contributed by atoms with Gasteiger partial charge < -0.3 is 10.6 Å². The quantitative estimate of drug-likeness (QED) is 0.818. The molecular formula is C13H24N2OS. The number of likely N-dealkylation sites (tertiary alicyclic amines) is 1. The maximum atomic E-state index is 12.1. The molecule has 1 amide bonds. The highest BCUT2D eigenvalue weighted by Gasteiger charge is 2.42. The van der Waals surface area contributed by atoms with Gasteiger partial charge in [0.15, 0.2) is 0 Å². The van der Waals surface area contributed by atoms with Gasteiger partial charge in [-0.3, -0.25) is 4.79 Å². The molecule has 3 nitrogen and oxygen atoms in total. The molecule has 0 aromatic rings. The number of rotatable bonds is 2. The molecule has 1 saturated carbocycles. The number of amides is 1. The second-order valence-corrected chi connectivity index (χ2v) is 8.17. The Kier molecular flexibility index (Phi) is 3.74. The van der Waals surface area contributed by atoms with Crippen LogP contribution in [0, 0.1) is 11.8 Å². The maximum Gasteiger partial charge on any atom is 0.232 e. The van der Waals surface area contributed by atoms with Crippen molar-refractivity contribution in [3.63, 3.8) is 0 Å². The molecule has 2 aliphatic rings. The Hall–Kier alpha value is -0.220. The summed E-state index contributed by atoms with van der Waals surface area (Å²) in [5, 5.41) is 0. The van der Waals surface area contributed by atoms with E-state index in [1.807, 2.05) is 4.90 Å². The molecule has 1 heterocycles. The summed E-state index contributed by atoms with van der Waals surface area (Å²) in [4.78, 5) is 14.1. The van der Waals surface area contributed by atoms with Gasteiger partial charge in [0.05, 0.1) is 5.75 Å². The van der Waals surface area contributed by atoms with E-state index >= 15 is 0 Å². The minimum absolute atomic E-state index is 0.168. The van der Waals surface area contributed by atoms with Gasteiger partial charge in [0.1, 0.15) is 0 Å². The predicted octanol–water partition coefficient (Wildman–Crippen LogP) is 1.71. The first kappa shape index (κ1) is 13.2. The number of fused-ring (bicyclic) bond motifs is 1. The molecule has 0 radical (unpaired) electrons. The van der Waals surface area contributed by atoms with Crippen molar-refractivity contribution in [1.29, 1.82) is 0 Å². The normalized spacial score (nSPS) is 32.9. The van der Waals surface area contributed by atoms with Crippen molar-refractivity contribution in [2.45, 2.75) is 44.4 Å². The molecule has 3 unspecified atom stereocenters. The number of carbonyl (C=O) groups excluding carboxylic acids is 1. The van der Waals surface area contributed by atoms with E-state index in [0.29, 0.717) is 29.5 Å². The Morgan fingerprint density at radius 3 is 2.65 bits per heavy atom. The Bertz CT molecular complexity index is 300. The zero-order valence-corrected chi connectivity index (χ0v) is 11.9. The number of carbonyl (C=O) groups is 1. The second-order valence-electron chi connectivity index (χ2n) is 6.36. The van der Waals surface area contributed by atoms with Gasteiger partial charge in [0.2, 0.25) is 5.91 Å². The average Bonchev–Trinajstić information content (AvgIpc) is 2.77. The van der Waals surface area contributed by atoms with Crippen molar-refractivity contribution in [3.05, 3.63) is 0 Å². The average molecular weight is 256 g/mol. The molecule has 2 N–H and O–H groups in total. The number of thioether (sulfide) groups is 1. The summed E-state index contributed by atoms with van der Waals surface area (Å²) in [6.45, 7) is 8.30. The Balaban J connectivity index is 1.83. The van der Waals surface area contributed by atoms with Crippen LogP contribution in [0.1, 0.15) is 33.6 Å². The van der Waals surface area contributed by atoms with Gasteiger partial charge in [0, 0.05) is 23.9 Å². The summed E-state index contributed by atoms with van der Waals surface area (Å²) in [5.41, 5.74) is 6.08. The topological polar surface area (TPSA) is 46.3 Å². The molecule has 98 valence electrons. The van der Waals surface area contributed by atoms with Gasteiger partial charge in [-0.15, -0.1) is 11.8 Å². The molecular weight excluding hydrogens is 232 g/mol. The largest absolute Gasteiger partial charge is 0.341 e. The van der Waals surface area contributed by atoms with Crippen LogP contribution in [-0.4, -0.2) is 40.4 Å². The molecule has 0 spiro atoms. The summed E-state index contributed by atoms with van der Waals surface area (Å²) in [6.07, 6.45) is 2.36. The van der Waals surface area contributed by atoms with Crippen LogP contribution >= 0.6 is 11.8 Å². The van der Waals surface area contributed by atoms with Crippen molar-refractivity contribution < 1.29 is 4.79 Å². The van der Waals surface area contributed by atoms with Crippen molar-refractivity contribution >= 4 is 17.7 Å². The van der Waals surface area contributed by atoms with Crippen LogP contribution in [0.4, 0.5) is 0 Å². The van der Waals surface area contributed by atoms with E-state index in [0.717, 1.165) is 19.5 Å². The molecule has 17 heavy (non-hydrogen) atoms. The van der Waals surface area contributed by atoms with Gasteiger partial charge >= 0.3 is 0 Å². The lowest BCUT2D eigenvalue weighted by Gasteiger charge is -2.22. The molecule has 2 fully saturated rings. The number of hydrogen-bond donors (Lipinski definition) is 1. The summed E-state index contributed by atoms with van der Waals surface area (Å²) < 4.78 is 0.168. The van der Waals surface area contributed by atoms with Crippen molar-refractivity contribution in [2.24, 2.45) is 17.6 Å². The molecule has 0 aromatic carbocycles. The Labute approximate surface area is 108 Å². The molecule has 4 heteroatoms. The molecule has 1 aliphatic heterocycles. The number of hydrogen-bond acceptors (Lipinski definition) is 3. The Morgan fingerprint density at radius 1 is 1.35 bits per heavy atom. The fraction of sp³-hybridized carbons (Fsp3) is 0.923. The third-order valence-corrected chi connectivity index (χ3v) is 5.15. The summed E-state index contributed by atoms with van der Waals surface area (Å²) >= 11 is 1.73. The van der Waals surface area contributed by atoms with E-state index in [2.05, 4.69) is 20.8 Å². The first-order valence-electron chi connectivity index (χ1n) is 6.54. The molecule has 3 atom stereocenters. The van der Waals surface area contributed by atoms with Gasteiger partial charge in [0.25, 0.3) is 0 Å². The highest BCUT2D eigenvalue weighted by Crippen LogP contribution is 2.37. The first-order chi connectivity index (χ1) is 7.87. The number of nitrogens with two attached hydrogens (primary N) is 1. The van der Waals surface area contributed by atoms with Gasteiger partial charge in [-0.2, -0.15) is 0 Å². The third kappa shape index (κ3) is 3.16. The predicted molar refractivity (Wildman–Crippen MR) is 73.0 cm³/mol. The first-order valence-corrected chi connectivity index (χ1v) is 7.53. The van der Waals surface area contributed by atoms with Crippen LogP contribution in [0.5, 0.6) is 0 Å². The standard InChI is InChI=1S/C13H24N2OS/c1-13(2,3)17-8-12(16)15-6-9-4-5-11(14)10(9)7-15/h9-11H,4-8,14H2,1-3H3. The monoisotopic (exact) mass is 256 g/mol. The van der Waals surface area contributed by atoms with Gasteiger partial charge in [-0.1, -0.05) is 20.8 Å².